The van der Waals surface area contributed by atoms with Crippen LogP contribution in [0.1, 0.15) is 27.7 Å². The number of allylic oxidation sites excluding steroid dienone is 4. The summed E-state index contributed by atoms with van der Waals surface area (Å²) in [6.07, 6.45) is 0. The topological polar surface area (TPSA) is 0 Å². The molecular formula is C14H26Cl2PSiTi. The second kappa shape index (κ2) is 7.61. The molecule has 0 aromatic heterocycles. The summed E-state index contributed by atoms with van der Waals surface area (Å²) in [7, 11) is -1.04. The smallest absolute Gasteiger partial charge is 1.00 e. The quantitative estimate of drug-likeness (QED) is 0.437. The zero-order chi connectivity index (χ0) is 13.6. The Morgan fingerprint density at radius 2 is 1.26 bits per heavy atom. The van der Waals surface area contributed by atoms with Crippen LogP contribution in [-0.4, -0.2) is 27.2 Å². The van der Waals surface area contributed by atoms with Gasteiger partial charge >= 0.3 is 122 Å². The molecule has 0 heterocycles. The first-order valence-corrected chi connectivity index (χ1v) is 12.7. The largest absolute Gasteiger partial charge is 1.00 e. The van der Waals surface area contributed by atoms with E-state index < -0.39 is 8.07 Å². The van der Waals surface area contributed by atoms with Crippen molar-refractivity contribution in [1.29, 1.82) is 0 Å². The molecule has 0 N–H and O–H groups in total. The van der Waals surface area contributed by atoms with Crippen molar-refractivity contribution in [2.24, 2.45) is 0 Å². The molecule has 0 fully saturated rings. The third kappa shape index (κ3) is 3.79. The summed E-state index contributed by atoms with van der Waals surface area (Å²) in [6.45, 7) is 19.4. The Bertz CT molecular complexity index is 376. The molecule has 1 rings (SSSR count). The van der Waals surface area contributed by atoms with Crippen molar-refractivity contribution >= 4 is 16.0 Å². The van der Waals surface area contributed by atoms with Crippen LogP contribution in [0.3, 0.4) is 0 Å². The third-order valence-electron chi connectivity index (χ3n) is 4.54. The first-order valence-electron chi connectivity index (χ1n) is 6.31. The summed E-state index contributed by atoms with van der Waals surface area (Å²) in [6, 6.07) is 0. The Morgan fingerprint density at radius 1 is 0.947 bits per heavy atom. The average Bonchev–Trinajstić information content (AvgIpc) is 2.33. The molecule has 1 aliphatic carbocycles. The Balaban J connectivity index is 0. The number of hydrogen-bond acceptors (Lipinski definition) is 0. The van der Waals surface area contributed by atoms with Gasteiger partial charge in [0.05, 0.1) is 0 Å². The predicted molar refractivity (Wildman–Crippen MR) is 80.6 cm³/mol. The Labute approximate surface area is 146 Å². The van der Waals surface area contributed by atoms with Crippen LogP contribution in [-0.2, 0) is 20.4 Å². The maximum atomic E-state index is 2.59. The summed E-state index contributed by atoms with van der Waals surface area (Å²) in [5.41, 5.74) is 6.42. The minimum Gasteiger partial charge on any atom is -1.00 e. The van der Waals surface area contributed by atoms with E-state index in [2.05, 4.69) is 74.6 Å². The molecule has 0 atom stereocenters. The molecule has 0 saturated heterocycles. The molecule has 0 aromatic rings. The van der Waals surface area contributed by atoms with Gasteiger partial charge in [-0.1, -0.05) is 0 Å². The minimum atomic E-state index is -1.25. The molecule has 0 spiro atoms. The molecule has 0 nitrogen and oxygen atoms in total. The molecule has 1 aliphatic rings. The van der Waals surface area contributed by atoms with Crippen molar-refractivity contribution in [3.63, 3.8) is 0 Å². The third-order valence-corrected chi connectivity index (χ3v) is 17.4. The van der Waals surface area contributed by atoms with Gasteiger partial charge in [0.25, 0.3) is 0 Å². The van der Waals surface area contributed by atoms with Gasteiger partial charge in [-0.3, -0.25) is 0 Å². The number of hydrogen-bond donors (Lipinski definition) is 0. The normalized spacial score (nSPS) is 18.7. The first kappa shape index (κ1) is 22.7. The van der Waals surface area contributed by atoms with Gasteiger partial charge in [0, 0.05) is 0 Å². The number of rotatable bonds is 3. The molecule has 0 amide bonds. The Kier molecular flexibility index (Phi) is 9.10. The van der Waals surface area contributed by atoms with E-state index in [-0.39, 0.29) is 32.7 Å². The fraction of sp³-hybridized carbons (Fsp3) is 0.714. The monoisotopic (exact) mass is 371 g/mol. The standard InChI is InChI=1S/C14H26PSi.2ClH.Ti/c1-10-11(2)13(4)14(12(10)3)16(7,8)9-15(5)6;;;/h9H2,1-8H3;2*1H;/q;;;+2/p-2. The SMILES string of the molecule is CC1=C(C)[C]([Ti+2])([Si](C)(C)CP(C)C)C(C)=C1C.[Cl-].[Cl-]. The van der Waals surface area contributed by atoms with Gasteiger partial charge < -0.3 is 24.8 Å². The summed E-state index contributed by atoms with van der Waals surface area (Å²) in [4.78, 5) is 0. The van der Waals surface area contributed by atoms with Gasteiger partial charge in [-0.25, -0.2) is 0 Å². The van der Waals surface area contributed by atoms with Crippen LogP contribution in [0, 0.1) is 0 Å². The van der Waals surface area contributed by atoms with Crippen molar-refractivity contribution in [2.75, 3.05) is 19.1 Å². The zero-order valence-electron chi connectivity index (χ0n) is 13.4. The van der Waals surface area contributed by atoms with Crippen molar-refractivity contribution in [3.8, 4) is 0 Å². The minimum absolute atomic E-state index is 0. The number of halogens is 2. The molecule has 0 radical (unpaired) electrons. The Morgan fingerprint density at radius 3 is 1.53 bits per heavy atom. The molecule has 5 heteroatoms. The van der Waals surface area contributed by atoms with Gasteiger partial charge in [-0.15, -0.1) is 0 Å². The van der Waals surface area contributed by atoms with Crippen molar-refractivity contribution in [2.45, 2.75) is 44.1 Å². The van der Waals surface area contributed by atoms with Crippen molar-refractivity contribution in [3.05, 3.63) is 22.3 Å². The molecule has 0 aromatic carbocycles. The Hall–Kier alpha value is 1.42. The van der Waals surface area contributed by atoms with Gasteiger partial charge in [0.2, 0.25) is 0 Å². The molecule has 0 bridgehead atoms. The first-order chi connectivity index (χ1) is 7.55. The van der Waals surface area contributed by atoms with Crippen LogP contribution < -0.4 is 24.8 Å². The molecule has 0 saturated carbocycles. The van der Waals surface area contributed by atoms with Crippen LogP contribution in [0.5, 0.6) is 0 Å². The van der Waals surface area contributed by atoms with E-state index in [9.17, 15) is 0 Å². The molecule has 109 valence electrons. The molecule has 19 heavy (non-hydrogen) atoms. The van der Waals surface area contributed by atoms with E-state index >= 15 is 0 Å². The molecule has 0 aliphatic heterocycles. The maximum absolute atomic E-state index is 2.59. The fourth-order valence-corrected chi connectivity index (χ4v) is 14.7. The van der Waals surface area contributed by atoms with Gasteiger partial charge in [0.1, 0.15) is 0 Å². The summed E-state index contributed by atoms with van der Waals surface area (Å²) >= 11 is 2.52. The van der Waals surface area contributed by atoms with Crippen LogP contribution in [0.15, 0.2) is 22.3 Å². The van der Waals surface area contributed by atoms with Crippen LogP contribution in [0.4, 0.5) is 0 Å². The fourth-order valence-electron chi connectivity index (χ4n) is 3.33. The van der Waals surface area contributed by atoms with E-state index in [0.717, 1.165) is 0 Å². The average molecular weight is 372 g/mol. The van der Waals surface area contributed by atoms with Crippen LogP contribution >= 0.6 is 7.92 Å². The zero-order valence-corrected chi connectivity index (χ0v) is 18.4. The summed E-state index contributed by atoms with van der Waals surface area (Å²) in [5.74, 6) is 1.48. The molecule has 0 unspecified atom stereocenters. The summed E-state index contributed by atoms with van der Waals surface area (Å²) < 4.78 is 0.397. The van der Waals surface area contributed by atoms with Crippen LogP contribution in [0.2, 0.25) is 16.4 Å². The van der Waals surface area contributed by atoms with Crippen LogP contribution in [0.25, 0.3) is 0 Å². The van der Waals surface area contributed by atoms with Gasteiger partial charge in [-0.2, -0.15) is 0 Å². The predicted octanol–water partition coefficient (Wildman–Crippen LogP) is -1.09. The van der Waals surface area contributed by atoms with E-state index in [4.69, 9.17) is 0 Å². The van der Waals surface area contributed by atoms with E-state index in [1.807, 2.05) is 0 Å². The second-order valence-corrected chi connectivity index (χ2v) is 16.3. The maximum Gasteiger partial charge on any atom is -1.00 e. The van der Waals surface area contributed by atoms with Crippen molar-refractivity contribution in [1.82, 2.24) is 0 Å². The van der Waals surface area contributed by atoms with Crippen molar-refractivity contribution < 1.29 is 45.2 Å². The van der Waals surface area contributed by atoms with E-state index in [1.165, 1.54) is 5.79 Å². The van der Waals surface area contributed by atoms with Gasteiger partial charge in [-0.05, 0) is 0 Å². The van der Waals surface area contributed by atoms with E-state index in [1.54, 1.807) is 22.3 Å². The summed E-state index contributed by atoms with van der Waals surface area (Å²) in [5, 5.41) is 0. The molecular weight excluding hydrogens is 346 g/mol. The second-order valence-electron chi connectivity index (χ2n) is 6.37. The van der Waals surface area contributed by atoms with Gasteiger partial charge in [0.15, 0.2) is 0 Å². The van der Waals surface area contributed by atoms with E-state index in [0.29, 0.717) is 3.34 Å².